The molecule has 1 aromatic carbocycles. The second-order valence-electron chi connectivity index (χ2n) is 5.24. The average Bonchev–Trinajstić information content (AvgIpc) is 2.98. The number of rotatable bonds is 7. The smallest absolute Gasteiger partial charge is 0.305 e. The number of aromatic nitrogens is 1. The van der Waals surface area contributed by atoms with Crippen molar-refractivity contribution >= 4 is 28.9 Å². The molecule has 0 aliphatic heterocycles. The number of hydrogen-bond acceptors (Lipinski definition) is 5. The van der Waals surface area contributed by atoms with Gasteiger partial charge in [0.2, 0.25) is 5.91 Å². The standard InChI is InChI=1S/C17H19FN2O3S/c1-12-19-14(11-24-12)10-20(15-8-6-13(18)7-9-15)16(21)4-3-5-17(22)23-2/h6-9,11H,3-5,10H2,1-2H3. The Kier molecular flexibility index (Phi) is 6.43. The van der Waals surface area contributed by atoms with Crippen LogP contribution in [-0.4, -0.2) is 24.0 Å². The molecule has 0 aliphatic carbocycles. The zero-order valence-electron chi connectivity index (χ0n) is 13.6. The van der Waals surface area contributed by atoms with Gasteiger partial charge in [0.1, 0.15) is 5.82 Å². The van der Waals surface area contributed by atoms with Crippen molar-refractivity contribution in [1.82, 2.24) is 4.98 Å². The first-order valence-electron chi connectivity index (χ1n) is 7.53. The number of benzene rings is 1. The zero-order valence-corrected chi connectivity index (χ0v) is 14.4. The highest BCUT2D eigenvalue weighted by atomic mass is 32.1. The van der Waals surface area contributed by atoms with E-state index in [1.165, 1.54) is 30.6 Å². The van der Waals surface area contributed by atoms with Crippen LogP contribution in [0.15, 0.2) is 29.6 Å². The number of carbonyl (C=O) groups excluding carboxylic acids is 2. The van der Waals surface area contributed by atoms with E-state index >= 15 is 0 Å². The van der Waals surface area contributed by atoms with Gasteiger partial charge in [-0.25, -0.2) is 9.37 Å². The van der Waals surface area contributed by atoms with Crippen LogP contribution in [0, 0.1) is 12.7 Å². The van der Waals surface area contributed by atoms with E-state index in [1.807, 2.05) is 12.3 Å². The van der Waals surface area contributed by atoms with Gasteiger partial charge in [0.15, 0.2) is 0 Å². The van der Waals surface area contributed by atoms with E-state index in [2.05, 4.69) is 9.72 Å². The third-order valence-corrected chi connectivity index (χ3v) is 4.25. The molecule has 0 bridgehead atoms. The molecule has 2 rings (SSSR count). The van der Waals surface area contributed by atoms with Crippen molar-refractivity contribution in [3.8, 4) is 0 Å². The van der Waals surface area contributed by atoms with E-state index in [9.17, 15) is 14.0 Å². The summed E-state index contributed by atoms with van der Waals surface area (Å²) >= 11 is 1.51. The van der Waals surface area contributed by atoms with Gasteiger partial charge in [0, 0.05) is 23.9 Å². The minimum atomic E-state index is -0.360. The molecule has 0 radical (unpaired) electrons. The summed E-state index contributed by atoms with van der Waals surface area (Å²) in [5, 5.41) is 2.82. The molecule has 1 heterocycles. The number of anilines is 1. The predicted octanol–water partition coefficient (Wildman–Crippen LogP) is 3.47. The minimum absolute atomic E-state index is 0.142. The molecule has 0 fully saturated rings. The zero-order chi connectivity index (χ0) is 17.5. The van der Waals surface area contributed by atoms with Crippen molar-refractivity contribution in [2.24, 2.45) is 0 Å². The SMILES string of the molecule is COC(=O)CCCC(=O)N(Cc1csc(C)n1)c1ccc(F)cc1. The number of esters is 1. The number of halogens is 1. The summed E-state index contributed by atoms with van der Waals surface area (Å²) in [6.07, 6.45) is 0.796. The molecule has 0 spiro atoms. The largest absolute Gasteiger partial charge is 0.469 e. The van der Waals surface area contributed by atoms with Gasteiger partial charge in [-0.1, -0.05) is 0 Å². The molecule has 0 N–H and O–H groups in total. The quantitative estimate of drug-likeness (QED) is 0.718. The maximum atomic E-state index is 13.1. The number of thiazole rings is 1. The van der Waals surface area contributed by atoms with E-state index in [4.69, 9.17) is 0 Å². The van der Waals surface area contributed by atoms with Gasteiger partial charge >= 0.3 is 5.97 Å². The Morgan fingerprint density at radius 3 is 2.54 bits per heavy atom. The molecule has 24 heavy (non-hydrogen) atoms. The lowest BCUT2D eigenvalue weighted by molar-refractivity contribution is -0.140. The Morgan fingerprint density at radius 1 is 1.25 bits per heavy atom. The van der Waals surface area contributed by atoms with Crippen LogP contribution in [0.1, 0.15) is 30.0 Å². The van der Waals surface area contributed by atoms with Gasteiger partial charge in [-0.15, -0.1) is 11.3 Å². The summed E-state index contributed by atoms with van der Waals surface area (Å²) in [4.78, 5) is 29.7. The normalized spacial score (nSPS) is 10.5. The van der Waals surface area contributed by atoms with Crippen molar-refractivity contribution in [2.75, 3.05) is 12.0 Å². The molecule has 0 unspecified atom stereocenters. The molecule has 1 amide bonds. The number of hydrogen-bond donors (Lipinski definition) is 0. The highest BCUT2D eigenvalue weighted by Gasteiger charge is 2.18. The molecule has 7 heteroatoms. The summed E-state index contributed by atoms with van der Waals surface area (Å²) in [5.74, 6) is -0.844. The van der Waals surface area contributed by atoms with Gasteiger partial charge in [-0.3, -0.25) is 9.59 Å². The summed E-state index contributed by atoms with van der Waals surface area (Å²) in [6.45, 7) is 2.21. The van der Waals surface area contributed by atoms with Crippen molar-refractivity contribution in [3.05, 3.63) is 46.2 Å². The Bertz CT molecular complexity index is 700. The van der Waals surface area contributed by atoms with Crippen molar-refractivity contribution in [3.63, 3.8) is 0 Å². The van der Waals surface area contributed by atoms with Crippen LogP contribution in [-0.2, 0) is 20.9 Å². The predicted molar refractivity (Wildman–Crippen MR) is 90.3 cm³/mol. The molecular weight excluding hydrogens is 331 g/mol. The van der Waals surface area contributed by atoms with Crippen LogP contribution in [0.25, 0.3) is 0 Å². The Hall–Kier alpha value is -2.28. The van der Waals surface area contributed by atoms with Crippen LogP contribution >= 0.6 is 11.3 Å². The van der Waals surface area contributed by atoms with E-state index < -0.39 is 0 Å². The van der Waals surface area contributed by atoms with Crippen molar-refractivity contribution < 1.29 is 18.7 Å². The summed E-state index contributed by atoms with van der Waals surface area (Å²) in [7, 11) is 1.32. The van der Waals surface area contributed by atoms with Crippen LogP contribution in [0.3, 0.4) is 0 Å². The summed E-state index contributed by atoms with van der Waals surface area (Å²) in [5.41, 5.74) is 1.38. The summed E-state index contributed by atoms with van der Waals surface area (Å²) < 4.78 is 17.7. The number of aryl methyl sites for hydroxylation is 1. The fourth-order valence-electron chi connectivity index (χ4n) is 2.21. The minimum Gasteiger partial charge on any atom is -0.469 e. The van der Waals surface area contributed by atoms with E-state index in [0.717, 1.165) is 10.7 Å². The molecule has 128 valence electrons. The third kappa shape index (κ3) is 5.13. The lowest BCUT2D eigenvalue weighted by Crippen LogP contribution is -2.30. The van der Waals surface area contributed by atoms with Gasteiger partial charge in [0.25, 0.3) is 0 Å². The van der Waals surface area contributed by atoms with Crippen molar-refractivity contribution in [1.29, 1.82) is 0 Å². The molecule has 0 aliphatic rings. The molecule has 0 atom stereocenters. The topological polar surface area (TPSA) is 59.5 Å². The maximum Gasteiger partial charge on any atom is 0.305 e. The molecule has 0 saturated carbocycles. The second kappa shape index (κ2) is 8.54. The molecule has 0 saturated heterocycles. The molecule has 2 aromatic rings. The first-order chi connectivity index (χ1) is 11.5. The lowest BCUT2D eigenvalue weighted by Gasteiger charge is -2.22. The highest BCUT2D eigenvalue weighted by Crippen LogP contribution is 2.20. The fraction of sp³-hybridized carbons (Fsp3) is 0.353. The number of ether oxygens (including phenoxy) is 1. The van der Waals surface area contributed by atoms with Crippen LogP contribution in [0.4, 0.5) is 10.1 Å². The van der Waals surface area contributed by atoms with Gasteiger partial charge in [-0.05, 0) is 37.6 Å². The number of amides is 1. The number of methoxy groups -OCH3 is 1. The van der Waals surface area contributed by atoms with Gasteiger partial charge in [0.05, 0.1) is 24.4 Å². The first kappa shape index (κ1) is 18.1. The number of carbonyl (C=O) groups is 2. The van der Waals surface area contributed by atoms with Crippen molar-refractivity contribution in [2.45, 2.75) is 32.7 Å². The van der Waals surface area contributed by atoms with Gasteiger partial charge in [-0.2, -0.15) is 0 Å². The van der Waals surface area contributed by atoms with E-state index in [1.54, 1.807) is 17.0 Å². The second-order valence-corrected chi connectivity index (χ2v) is 6.31. The summed E-state index contributed by atoms with van der Waals surface area (Å²) in [6, 6.07) is 5.76. The lowest BCUT2D eigenvalue weighted by atomic mass is 10.2. The first-order valence-corrected chi connectivity index (χ1v) is 8.41. The molecule has 5 nitrogen and oxygen atoms in total. The Morgan fingerprint density at radius 2 is 1.96 bits per heavy atom. The maximum absolute atomic E-state index is 13.1. The average molecular weight is 350 g/mol. The number of nitrogens with zero attached hydrogens (tertiary/aromatic N) is 2. The fourth-order valence-corrected chi connectivity index (χ4v) is 2.81. The van der Waals surface area contributed by atoms with E-state index in [0.29, 0.717) is 18.7 Å². The highest BCUT2D eigenvalue weighted by molar-refractivity contribution is 7.09. The van der Waals surface area contributed by atoms with Crippen LogP contribution in [0.2, 0.25) is 0 Å². The Labute approximate surface area is 144 Å². The Balaban J connectivity index is 2.10. The van der Waals surface area contributed by atoms with E-state index in [-0.39, 0.29) is 30.5 Å². The van der Waals surface area contributed by atoms with Gasteiger partial charge < -0.3 is 9.64 Å². The molecular formula is C17H19FN2O3S. The van der Waals surface area contributed by atoms with Crippen LogP contribution < -0.4 is 4.90 Å². The van der Waals surface area contributed by atoms with Crippen LogP contribution in [0.5, 0.6) is 0 Å². The molecule has 1 aromatic heterocycles. The monoisotopic (exact) mass is 350 g/mol. The third-order valence-electron chi connectivity index (χ3n) is 3.43.